The van der Waals surface area contributed by atoms with Gasteiger partial charge in [-0.15, -0.1) is 0 Å². The Balaban J connectivity index is 1.97. The van der Waals surface area contributed by atoms with Crippen molar-refractivity contribution in [2.75, 3.05) is 0 Å². The summed E-state index contributed by atoms with van der Waals surface area (Å²) in [5.41, 5.74) is 2.31. The minimum atomic E-state index is -0.780. The van der Waals surface area contributed by atoms with Gasteiger partial charge in [0.2, 0.25) is 0 Å². The standard InChI is InChI=1S/C25H21NO/c26-18-25(21-14-8-3-9-15-21)23(19-10-4-1-5-11-19)16-22(27)17-24(25)20-12-6-2-7-13-20/h1-15,23-24H,16-17H2/t23-,24-/m1/s1. The van der Waals surface area contributed by atoms with Crippen LogP contribution in [0, 0.1) is 11.3 Å². The molecule has 0 spiro atoms. The zero-order valence-corrected chi connectivity index (χ0v) is 15.1. The number of hydrogen-bond acceptors (Lipinski definition) is 2. The van der Waals surface area contributed by atoms with Gasteiger partial charge in [0.05, 0.1) is 11.5 Å². The van der Waals surface area contributed by atoms with Crippen molar-refractivity contribution in [2.24, 2.45) is 0 Å². The van der Waals surface area contributed by atoms with Gasteiger partial charge in [0.1, 0.15) is 5.78 Å². The highest BCUT2D eigenvalue weighted by atomic mass is 16.1. The van der Waals surface area contributed by atoms with E-state index in [-0.39, 0.29) is 17.6 Å². The molecule has 4 rings (SSSR count). The van der Waals surface area contributed by atoms with Gasteiger partial charge >= 0.3 is 0 Å². The molecule has 2 heteroatoms. The summed E-state index contributed by atoms with van der Waals surface area (Å²) in [4.78, 5) is 12.8. The van der Waals surface area contributed by atoms with Crippen LogP contribution in [0.25, 0.3) is 0 Å². The van der Waals surface area contributed by atoms with Crippen LogP contribution in [0.5, 0.6) is 0 Å². The molecule has 0 aromatic heterocycles. The summed E-state index contributed by atoms with van der Waals surface area (Å²) in [6, 6.07) is 32.7. The Hall–Kier alpha value is -3.18. The molecule has 0 bridgehead atoms. The fraction of sp³-hybridized carbons (Fsp3) is 0.200. The second-order valence-corrected chi connectivity index (χ2v) is 7.22. The number of carbonyl (C=O) groups is 1. The van der Waals surface area contributed by atoms with Crippen molar-refractivity contribution in [3.63, 3.8) is 0 Å². The van der Waals surface area contributed by atoms with Gasteiger partial charge in [-0.05, 0) is 16.7 Å². The summed E-state index contributed by atoms with van der Waals surface area (Å²) in [6.07, 6.45) is 0.797. The van der Waals surface area contributed by atoms with E-state index in [2.05, 4.69) is 6.07 Å². The first-order valence-corrected chi connectivity index (χ1v) is 9.34. The first kappa shape index (κ1) is 17.2. The highest BCUT2D eigenvalue weighted by molar-refractivity contribution is 5.83. The van der Waals surface area contributed by atoms with Gasteiger partial charge in [0, 0.05) is 24.7 Å². The molecule has 0 aliphatic heterocycles. The zero-order valence-electron chi connectivity index (χ0n) is 15.1. The SMILES string of the molecule is N#CC1(c2ccccc2)[C@@H](c2ccccc2)CC(=O)C[C@@H]1c1ccccc1. The lowest BCUT2D eigenvalue weighted by atomic mass is 9.54. The number of nitrogens with zero attached hydrogens (tertiary/aromatic N) is 1. The maximum absolute atomic E-state index is 12.8. The second kappa shape index (κ2) is 7.21. The Labute approximate surface area is 160 Å². The van der Waals surface area contributed by atoms with Gasteiger partial charge in [-0.1, -0.05) is 91.0 Å². The minimum absolute atomic E-state index is 0.169. The molecule has 1 aliphatic carbocycles. The highest BCUT2D eigenvalue weighted by Gasteiger charge is 2.52. The molecule has 3 aromatic carbocycles. The van der Waals surface area contributed by atoms with Gasteiger partial charge < -0.3 is 0 Å². The molecule has 1 saturated carbocycles. The summed E-state index contributed by atoms with van der Waals surface area (Å²) < 4.78 is 0. The molecule has 0 N–H and O–H groups in total. The average Bonchev–Trinajstić information content (AvgIpc) is 2.75. The number of carbonyl (C=O) groups excluding carboxylic acids is 1. The van der Waals surface area contributed by atoms with E-state index in [0.29, 0.717) is 12.8 Å². The Kier molecular flexibility index (Phi) is 4.60. The van der Waals surface area contributed by atoms with E-state index in [1.807, 2.05) is 91.0 Å². The Morgan fingerprint density at radius 1 is 0.704 bits per heavy atom. The summed E-state index contributed by atoms with van der Waals surface area (Å²) in [7, 11) is 0. The summed E-state index contributed by atoms with van der Waals surface area (Å²) in [5, 5.41) is 10.6. The van der Waals surface area contributed by atoms with Crippen molar-refractivity contribution < 1.29 is 4.79 Å². The van der Waals surface area contributed by atoms with E-state index >= 15 is 0 Å². The fourth-order valence-electron chi connectivity index (χ4n) is 4.57. The predicted molar refractivity (Wildman–Crippen MR) is 106 cm³/mol. The molecule has 27 heavy (non-hydrogen) atoms. The van der Waals surface area contributed by atoms with Gasteiger partial charge in [-0.25, -0.2) is 0 Å². The number of rotatable bonds is 3. The maximum Gasteiger partial charge on any atom is 0.134 e. The number of ketones is 1. The smallest absolute Gasteiger partial charge is 0.134 e. The van der Waals surface area contributed by atoms with Crippen LogP contribution in [0.2, 0.25) is 0 Å². The fourth-order valence-corrected chi connectivity index (χ4v) is 4.57. The predicted octanol–water partition coefficient (Wildman–Crippen LogP) is 5.38. The number of nitriles is 1. The largest absolute Gasteiger partial charge is 0.300 e. The first-order valence-electron chi connectivity index (χ1n) is 9.34. The molecule has 0 radical (unpaired) electrons. The van der Waals surface area contributed by atoms with E-state index in [1.54, 1.807) is 0 Å². The lowest BCUT2D eigenvalue weighted by molar-refractivity contribution is -0.122. The highest BCUT2D eigenvalue weighted by Crippen LogP contribution is 2.55. The van der Waals surface area contributed by atoms with Gasteiger partial charge in [0.15, 0.2) is 0 Å². The average molecular weight is 351 g/mol. The van der Waals surface area contributed by atoms with Crippen molar-refractivity contribution in [2.45, 2.75) is 30.1 Å². The first-order chi connectivity index (χ1) is 13.3. The van der Waals surface area contributed by atoms with E-state index < -0.39 is 5.41 Å². The third-order valence-electron chi connectivity index (χ3n) is 5.80. The zero-order chi connectivity index (χ0) is 18.7. The van der Waals surface area contributed by atoms with Crippen LogP contribution in [0.15, 0.2) is 91.0 Å². The molecule has 0 unspecified atom stereocenters. The minimum Gasteiger partial charge on any atom is -0.300 e. The third-order valence-corrected chi connectivity index (χ3v) is 5.80. The van der Waals surface area contributed by atoms with Crippen molar-refractivity contribution in [3.8, 4) is 6.07 Å². The van der Waals surface area contributed by atoms with Crippen molar-refractivity contribution >= 4 is 5.78 Å². The molecule has 2 atom stereocenters. The molecule has 0 heterocycles. The quantitative estimate of drug-likeness (QED) is 0.636. The molecular weight excluding hydrogens is 330 g/mol. The van der Waals surface area contributed by atoms with E-state index in [1.165, 1.54) is 0 Å². The topological polar surface area (TPSA) is 40.9 Å². The molecular formula is C25H21NO. The summed E-state index contributed by atoms with van der Waals surface area (Å²) in [5.74, 6) is -0.116. The van der Waals surface area contributed by atoms with Crippen LogP contribution >= 0.6 is 0 Å². The lowest BCUT2D eigenvalue weighted by Crippen LogP contribution is -2.44. The van der Waals surface area contributed by atoms with E-state index in [4.69, 9.17) is 0 Å². The number of hydrogen-bond donors (Lipinski definition) is 0. The Morgan fingerprint density at radius 3 is 1.52 bits per heavy atom. The van der Waals surface area contributed by atoms with Crippen molar-refractivity contribution in [1.29, 1.82) is 5.26 Å². The third kappa shape index (κ3) is 2.96. The Bertz CT molecular complexity index is 906. The molecule has 3 aromatic rings. The van der Waals surface area contributed by atoms with Crippen LogP contribution in [0.1, 0.15) is 41.4 Å². The Morgan fingerprint density at radius 2 is 1.11 bits per heavy atom. The van der Waals surface area contributed by atoms with Crippen LogP contribution in [-0.4, -0.2) is 5.78 Å². The van der Waals surface area contributed by atoms with E-state index in [0.717, 1.165) is 16.7 Å². The molecule has 0 amide bonds. The molecule has 0 saturated heterocycles. The van der Waals surface area contributed by atoms with E-state index in [9.17, 15) is 10.1 Å². The van der Waals surface area contributed by atoms with Crippen LogP contribution in [-0.2, 0) is 10.2 Å². The van der Waals surface area contributed by atoms with Crippen LogP contribution in [0.4, 0.5) is 0 Å². The monoisotopic (exact) mass is 351 g/mol. The van der Waals surface area contributed by atoms with Crippen LogP contribution < -0.4 is 0 Å². The summed E-state index contributed by atoms with van der Waals surface area (Å²) in [6.45, 7) is 0. The molecule has 2 nitrogen and oxygen atoms in total. The maximum atomic E-state index is 12.8. The van der Waals surface area contributed by atoms with Gasteiger partial charge in [-0.2, -0.15) is 5.26 Å². The van der Waals surface area contributed by atoms with Crippen molar-refractivity contribution in [1.82, 2.24) is 0 Å². The van der Waals surface area contributed by atoms with Gasteiger partial charge in [0.25, 0.3) is 0 Å². The van der Waals surface area contributed by atoms with Gasteiger partial charge in [-0.3, -0.25) is 4.79 Å². The lowest BCUT2D eigenvalue weighted by Gasteiger charge is -2.45. The molecule has 1 aliphatic rings. The normalized spacial score (nSPS) is 21.4. The summed E-state index contributed by atoms with van der Waals surface area (Å²) >= 11 is 0. The van der Waals surface area contributed by atoms with Crippen molar-refractivity contribution in [3.05, 3.63) is 108 Å². The second-order valence-electron chi connectivity index (χ2n) is 7.22. The number of benzene rings is 3. The van der Waals surface area contributed by atoms with Crippen LogP contribution in [0.3, 0.4) is 0 Å². The molecule has 132 valence electrons. The molecule has 1 fully saturated rings. The number of Topliss-reactive ketones (excluding diaryl/α,β-unsaturated/α-hetero) is 1.